The van der Waals surface area contributed by atoms with Crippen LogP contribution >= 0.6 is 0 Å². The number of rotatable bonds is 3. The van der Waals surface area contributed by atoms with Gasteiger partial charge < -0.3 is 4.90 Å². The molecule has 0 aromatic carbocycles. The minimum absolute atomic E-state index is 0.628. The minimum atomic E-state index is 0.628. The van der Waals surface area contributed by atoms with Crippen LogP contribution < -0.4 is 10.2 Å². The van der Waals surface area contributed by atoms with Crippen molar-refractivity contribution in [2.24, 2.45) is 0 Å². The molecular formula is C16H32N4+2. The van der Waals surface area contributed by atoms with E-state index in [9.17, 15) is 0 Å². The summed E-state index contributed by atoms with van der Waals surface area (Å²) in [6.45, 7) is 10.9. The van der Waals surface area contributed by atoms with Gasteiger partial charge in [-0.05, 0) is 39.5 Å². The summed E-state index contributed by atoms with van der Waals surface area (Å²) >= 11 is 0. The third-order valence-corrected chi connectivity index (χ3v) is 5.39. The Balaban J connectivity index is 1.70. The summed E-state index contributed by atoms with van der Waals surface area (Å²) in [5, 5.41) is 3.88. The number of quaternary nitrogens is 1. The fraction of sp³-hybridized carbons (Fsp3) is 0.938. The number of amidine groups is 1. The van der Waals surface area contributed by atoms with Crippen molar-refractivity contribution >= 4 is 5.84 Å². The number of likely N-dealkylation sites (N-methyl/N-ethyl adjacent to an activating group) is 1. The Hall–Kier alpha value is -0.610. The Morgan fingerprint density at radius 2 is 1.95 bits per heavy atom. The van der Waals surface area contributed by atoms with Crippen LogP contribution in [0.2, 0.25) is 0 Å². The fourth-order valence-corrected chi connectivity index (χ4v) is 4.23. The lowest BCUT2D eigenvalue weighted by Crippen LogP contribution is -3.12. The number of piperazine rings is 1. The van der Waals surface area contributed by atoms with Gasteiger partial charge in [0.25, 0.3) is 5.84 Å². The molecule has 1 saturated heterocycles. The van der Waals surface area contributed by atoms with Crippen molar-refractivity contribution in [3.8, 4) is 0 Å². The monoisotopic (exact) mass is 280 g/mol. The molecule has 4 nitrogen and oxygen atoms in total. The highest BCUT2D eigenvalue weighted by atomic mass is 15.3. The summed E-state index contributed by atoms with van der Waals surface area (Å²) in [6, 6.07) is 2.11. The summed E-state index contributed by atoms with van der Waals surface area (Å²) in [6.07, 6.45) is 5.57. The van der Waals surface area contributed by atoms with Gasteiger partial charge in [-0.25, -0.2) is 0 Å². The van der Waals surface area contributed by atoms with E-state index in [0.717, 1.165) is 18.6 Å². The normalized spacial score (nSPS) is 32.6. The van der Waals surface area contributed by atoms with Crippen molar-refractivity contribution in [1.29, 1.82) is 0 Å². The van der Waals surface area contributed by atoms with Gasteiger partial charge in [-0.3, -0.25) is 14.8 Å². The third kappa shape index (κ3) is 2.86. The average Bonchev–Trinajstić information content (AvgIpc) is 2.79. The summed E-state index contributed by atoms with van der Waals surface area (Å²) in [7, 11) is 2.31. The predicted molar refractivity (Wildman–Crippen MR) is 82.6 cm³/mol. The lowest BCUT2D eigenvalue weighted by molar-refractivity contribution is -0.884. The lowest BCUT2D eigenvalue weighted by Gasteiger charge is -2.29. The molecule has 4 heteroatoms. The van der Waals surface area contributed by atoms with Gasteiger partial charge in [0.15, 0.2) is 0 Å². The standard InChI is InChI=1S/C16H30N4/c1-13(2)20-15-7-5-4-6-14(15)17-16(20)12-19-10-8-18(3)9-11-19/h13-15H,4-12H2,1-3H3/p+2. The molecule has 2 aliphatic heterocycles. The molecule has 0 spiro atoms. The Bertz CT molecular complexity index is 369. The highest BCUT2D eigenvalue weighted by Gasteiger charge is 2.43. The number of nitrogens with zero attached hydrogens (tertiary/aromatic N) is 2. The first-order valence-electron chi connectivity index (χ1n) is 8.59. The molecule has 2 atom stereocenters. The van der Waals surface area contributed by atoms with E-state index in [4.69, 9.17) is 0 Å². The van der Waals surface area contributed by atoms with E-state index in [0.29, 0.717) is 6.04 Å². The van der Waals surface area contributed by atoms with Crippen LogP contribution in [0.1, 0.15) is 39.5 Å². The SMILES string of the molecule is CC(C)[N+]1=C(CN2CC[NH+](C)CC2)NC2CCCCC21. The maximum Gasteiger partial charge on any atom is 0.260 e. The second-order valence-corrected chi connectivity index (χ2v) is 7.28. The molecule has 1 saturated carbocycles. The van der Waals surface area contributed by atoms with Crippen LogP contribution in [-0.2, 0) is 0 Å². The first-order valence-corrected chi connectivity index (χ1v) is 8.59. The first-order chi connectivity index (χ1) is 9.65. The molecule has 0 aromatic heterocycles. The van der Waals surface area contributed by atoms with Gasteiger partial charge in [-0.1, -0.05) is 0 Å². The third-order valence-electron chi connectivity index (χ3n) is 5.39. The van der Waals surface area contributed by atoms with Crippen LogP contribution in [0, 0.1) is 0 Å². The van der Waals surface area contributed by atoms with Gasteiger partial charge in [0.1, 0.15) is 18.6 Å². The maximum absolute atomic E-state index is 3.88. The van der Waals surface area contributed by atoms with E-state index in [1.165, 1.54) is 57.7 Å². The molecule has 0 bridgehead atoms. The van der Waals surface area contributed by atoms with Gasteiger partial charge in [0.2, 0.25) is 0 Å². The van der Waals surface area contributed by atoms with Gasteiger partial charge in [0.05, 0.1) is 26.2 Å². The topological polar surface area (TPSA) is 22.7 Å². The lowest BCUT2D eigenvalue weighted by atomic mass is 9.90. The van der Waals surface area contributed by atoms with E-state index in [1.807, 2.05) is 0 Å². The van der Waals surface area contributed by atoms with Gasteiger partial charge >= 0.3 is 0 Å². The smallest absolute Gasteiger partial charge is 0.260 e. The Morgan fingerprint density at radius 3 is 2.65 bits per heavy atom. The molecule has 3 rings (SSSR count). The molecule has 3 aliphatic rings. The summed E-state index contributed by atoms with van der Waals surface area (Å²) in [5.41, 5.74) is 0. The molecule has 1 aliphatic carbocycles. The van der Waals surface area contributed by atoms with Crippen molar-refractivity contribution in [3.63, 3.8) is 0 Å². The van der Waals surface area contributed by atoms with E-state index >= 15 is 0 Å². The van der Waals surface area contributed by atoms with Gasteiger partial charge in [-0.15, -0.1) is 0 Å². The maximum atomic E-state index is 3.88. The van der Waals surface area contributed by atoms with E-state index in [2.05, 4.69) is 35.7 Å². The second-order valence-electron chi connectivity index (χ2n) is 7.28. The van der Waals surface area contributed by atoms with Crippen LogP contribution in [0.15, 0.2) is 0 Å². The molecule has 20 heavy (non-hydrogen) atoms. The van der Waals surface area contributed by atoms with E-state index in [-0.39, 0.29) is 0 Å². The quantitative estimate of drug-likeness (QED) is 0.684. The molecule has 2 unspecified atom stereocenters. The Kier molecular flexibility index (Phi) is 4.32. The zero-order valence-corrected chi connectivity index (χ0v) is 13.5. The van der Waals surface area contributed by atoms with Crippen LogP contribution in [0.5, 0.6) is 0 Å². The largest absolute Gasteiger partial charge is 0.335 e. The zero-order chi connectivity index (χ0) is 14.1. The van der Waals surface area contributed by atoms with Crippen molar-refractivity contribution in [2.75, 3.05) is 39.8 Å². The molecule has 0 amide bonds. The molecule has 2 fully saturated rings. The van der Waals surface area contributed by atoms with Crippen molar-refractivity contribution < 1.29 is 9.48 Å². The molecule has 114 valence electrons. The van der Waals surface area contributed by atoms with E-state index in [1.54, 1.807) is 4.90 Å². The van der Waals surface area contributed by atoms with Crippen LogP contribution in [-0.4, -0.2) is 73.2 Å². The van der Waals surface area contributed by atoms with Crippen molar-refractivity contribution in [3.05, 3.63) is 0 Å². The van der Waals surface area contributed by atoms with Crippen LogP contribution in [0.4, 0.5) is 0 Å². The number of nitrogens with one attached hydrogen (secondary N) is 2. The van der Waals surface area contributed by atoms with Crippen molar-refractivity contribution in [1.82, 2.24) is 10.2 Å². The summed E-state index contributed by atoms with van der Waals surface area (Å²) < 4.78 is 2.70. The summed E-state index contributed by atoms with van der Waals surface area (Å²) in [5.74, 6) is 1.51. The second kappa shape index (κ2) is 6.02. The Morgan fingerprint density at radius 1 is 1.25 bits per heavy atom. The number of hydrogen-bond acceptors (Lipinski definition) is 2. The average molecular weight is 280 g/mol. The number of fused-ring (bicyclic) bond motifs is 1. The fourth-order valence-electron chi connectivity index (χ4n) is 4.23. The zero-order valence-electron chi connectivity index (χ0n) is 13.5. The van der Waals surface area contributed by atoms with E-state index < -0.39 is 0 Å². The Labute approximate surface area is 123 Å². The van der Waals surface area contributed by atoms with Gasteiger partial charge in [0, 0.05) is 13.1 Å². The summed E-state index contributed by atoms with van der Waals surface area (Å²) in [4.78, 5) is 4.32. The van der Waals surface area contributed by atoms with Crippen molar-refractivity contribution in [2.45, 2.75) is 57.7 Å². The molecule has 0 radical (unpaired) electrons. The highest BCUT2D eigenvalue weighted by Crippen LogP contribution is 2.26. The highest BCUT2D eigenvalue weighted by molar-refractivity contribution is 5.81. The molecular weight excluding hydrogens is 248 g/mol. The van der Waals surface area contributed by atoms with Crippen LogP contribution in [0.25, 0.3) is 0 Å². The van der Waals surface area contributed by atoms with Gasteiger partial charge in [-0.2, -0.15) is 0 Å². The minimum Gasteiger partial charge on any atom is -0.335 e. The van der Waals surface area contributed by atoms with Crippen LogP contribution in [0.3, 0.4) is 0 Å². The first kappa shape index (κ1) is 14.3. The molecule has 2 N–H and O–H groups in total. The predicted octanol–water partition coefficient (Wildman–Crippen LogP) is -0.449. The molecule has 0 aromatic rings. The molecule has 2 heterocycles. The number of hydrogen-bond donors (Lipinski definition) is 2.